The quantitative estimate of drug-likeness (QED) is 0.367. The number of allylic oxidation sites excluding steroid dienone is 1. The lowest BCUT2D eigenvalue weighted by atomic mass is 10.0. The van der Waals surface area contributed by atoms with Crippen molar-refractivity contribution in [3.05, 3.63) is 102 Å². The lowest BCUT2D eigenvalue weighted by Gasteiger charge is -2.09. The molecule has 3 nitrogen and oxygen atoms in total. The van der Waals surface area contributed by atoms with Crippen molar-refractivity contribution in [2.45, 2.75) is 6.92 Å². The number of rotatable bonds is 5. The van der Waals surface area contributed by atoms with Crippen molar-refractivity contribution in [1.82, 2.24) is 4.98 Å². The fourth-order valence-electron chi connectivity index (χ4n) is 3.21. The molecule has 2 aromatic carbocycles. The molecule has 0 bridgehead atoms. The van der Waals surface area contributed by atoms with Crippen LogP contribution in [0.15, 0.2) is 79.6 Å². The standard InChI is InChI=1S/C25H18F2N2OS/c1-15(2)24-19(13-22(31-24)17-5-4-12-28-14-17)16-8-10-18(11-9-16)29-25(30)23-20(26)6-3-7-21(23)27/h3-14H,1H2,2H3,(H,29,30). The molecule has 6 heteroatoms. The largest absolute Gasteiger partial charge is 0.322 e. The SMILES string of the molecule is C=C(C)c1sc(-c2cccnc2)cc1-c1ccc(NC(=O)c2c(F)cccc2F)cc1. The number of thiophene rings is 1. The summed E-state index contributed by atoms with van der Waals surface area (Å²) in [5, 5.41) is 2.54. The predicted molar refractivity (Wildman–Crippen MR) is 122 cm³/mol. The van der Waals surface area contributed by atoms with Crippen LogP contribution in [0.5, 0.6) is 0 Å². The first-order valence-corrected chi connectivity index (χ1v) is 10.3. The summed E-state index contributed by atoms with van der Waals surface area (Å²) in [5.41, 5.74) is 3.78. The first-order chi connectivity index (χ1) is 14.9. The summed E-state index contributed by atoms with van der Waals surface area (Å²) in [7, 11) is 0. The fraction of sp³-hybridized carbons (Fsp3) is 0.0400. The third-order valence-corrected chi connectivity index (χ3v) is 6.06. The molecule has 0 saturated heterocycles. The number of carbonyl (C=O) groups is 1. The molecule has 2 aromatic heterocycles. The van der Waals surface area contributed by atoms with Crippen molar-refractivity contribution in [3.8, 4) is 21.6 Å². The van der Waals surface area contributed by atoms with E-state index in [4.69, 9.17) is 0 Å². The van der Waals surface area contributed by atoms with Gasteiger partial charge in [-0.2, -0.15) is 0 Å². The van der Waals surface area contributed by atoms with Gasteiger partial charge in [0.1, 0.15) is 17.2 Å². The molecule has 0 unspecified atom stereocenters. The van der Waals surface area contributed by atoms with E-state index in [1.165, 1.54) is 6.07 Å². The molecule has 0 aliphatic heterocycles. The maximum Gasteiger partial charge on any atom is 0.261 e. The van der Waals surface area contributed by atoms with Crippen molar-refractivity contribution in [1.29, 1.82) is 0 Å². The Morgan fingerprint density at radius 2 is 1.71 bits per heavy atom. The zero-order valence-electron chi connectivity index (χ0n) is 16.7. The molecule has 0 atom stereocenters. The Hall–Kier alpha value is -3.64. The zero-order valence-corrected chi connectivity index (χ0v) is 17.5. The second-order valence-corrected chi connectivity index (χ2v) is 8.06. The van der Waals surface area contributed by atoms with E-state index in [1.54, 1.807) is 29.7 Å². The fourth-order valence-corrected chi connectivity index (χ4v) is 4.31. The number of halogens is 2. The number of pyridine rings is 1. The molecule has 1 amide bonds. The highest BCUT2D eigenvalue weighted by Crippen LogP contribution is 2.40. The van der Waals surface area contributed by atoms with Gasteiger partial charge in [-0.1, -0.05) is 30.8 Å². The van der Waals surface area contributed by atoms with Gasteiger partial charge in [-0.05, 0) is 54.5 Å². The van der Waals surface area contributed by atoms with Crippen LogP contribution in [0, 0.1) is 11.6 Å². The summed E-state index contributed by atoms with van der Waals surface area (Å²) in [5.74, 6) is -2.64. The van der Waals surface area contributed by atoms with E-state index in [0.717, 1.165) is 44.2 Å². The number of aromatic nitrogens is 1. The number of anilines is 1. The molecule has 0 aliphatic rings. The van der Waals surface area contributed by atoms with Gasteiger partial charge in [-0.25, -0.2) is 8.78 Å². The van der Waals surface area contributed by atoms with Crippen LogP contribution in [0.4, 0.5) is 14.5 Å². The Morgan fingerprint density at radius 3 is 2.32 bits per heavy atom. The van der Waals surface area contributed by atoms with Crippen LogP contribution in [-0.4, -0.2) is 10.9 Å². The highest BCUT2D eigenvalue weighted by Gasteiger charge is 2.18. The maximum absolute atomic E-state index is 13.8. The Kier molecular flexibility index (Phi) is 5.73. The first-order valence-electron chi connectivity index (χ1n) is 9.50. The van der Waals surface area contributed by atoms with Crippen molar-refractivity contribution < 1.29 is 13.6 Å². The second-order valence-electron chi connectivity index (χ2n) is 7.00. The number of hydrogen-bond acceptors (Lipinski definition) is 3. The maximum atomic E-state index is 13.8. The first kappa shape index (κ1) is 20.6. The average molecular weight is 432 g/mol. The van der Waals surface area contributed by atoms with Crippen LogP contribution < -0.4 is 5.32 Å². The molecule has 2 heterocycles. The van der Waals surface area contributed by atoms with Crippen molar-refractivity contribution in [3.63, 3.8) is 0 Å². The summed E-state index contributed by atoms with van der Waals surface area (Å²) in [4.78, 5) is 18.6. The topological polar surface area (TPSA) is 42.0 Å². The Bertz CT molecular complexity index is 1240. The number of nitrogens with one attached hydrogen (secondary N) is 1. The highest BCUT2D eigenvalue weighted by atomic mass is 32.1. The van der Waals surface area contributed by atoms with Gasteiger partial charge in [-0.3, -0.25) is 9.78 Å². The molecule has 0 aliphatic carbocycles. The third kappa shape index (κ3) is 4.29. The summed E-state index contributed by atoms with van der Waals surface area (Å²) in [6.45, 7) is 6.05. The van der Waals surface area contributed by atoms with Crippen molar-refractivity contribution in [2.75, 3.05) is 5.32 Å². The van der Waals surface area contributed by atoms with Crippen LogP contribution in [0.25, 0.3) is 27.1 Å². The molecule has 0 fully saturated rings. The van der Waals surface area contributed by atoms with Gasteiger partial charge >= 0.3 is 0 Å². The van der Waals surface area contributed by atoms with Crippen LogP contribution >= 0.6 is 11.3 Å². The Morgan fingerprint density at radius 1 is 1.00 bits per heavy atom. The van der Waals surface area contributed by atoms with Gasteiger partial charge in [0.05, 0.1) is 0 Å². The number of amides is 1. The minimum absolute atomic E-state index is 0.441. The Balaban J connectivity index is 1.62. The highest BCUT2D eigenvalue weighted by molar-refractivity contribution is 7.17. The molecular formula is C25H18F2N2OS. The average Bonchev–Trinajstić information content (AvgIpc) is 3.21. The monoisotopic (exact) mass is 432 g/mol. The van der Waals surface area contributed by atoms with Crippen molar-refractivity contribution in [2.24, 2.45) is 0 Å². The zero-order chi connectivity index (χ0) is 22.0. The van der Waals surface area contributed by atoms with Crippen LogP contribution in [-0.2, 0) is 0 Å². The molecule has 4 aromatic rings. The van der Waals surface area contributed by atoms with E-state index in [-0.39, 0.29) is 0 Å². The molecule has 0 spiro atoms. The minimum atomic E-state index is -0.901. The number of benzene rings is 2. The van der Waals surface area contributed by atoms with E-state index in [2.05, 4.69) is 22.9 Å². The summed E-state index contributed by atoms with van der Waals surface area (Å²) < 4.78 is 27.7. The lowest BCUT2D eigenvalue weighted by Crippen LogP contribution is -2.15. The van der Waals surface area contributed by atoms with E-state index in [9.17, 15) is 13.6 Å². The minimum Gasteiger partial charge on any atom is -0.322 e. The molecule has 1 N–H and O–H groups in total. The van der Waals surface area contributed by atoms with Gasteiger partial charge < -0.3 is 5.32 Å². The second kappa shape index (κ2) is 8.62. The van der Waals surface area contributed by atoms with Crippen LogP contribution in [0.2, 0.25) is 0 Å². The predicted octanol–water partition coefficient (Wildman–Crippen LogP) is 7.04. The van der Waals surface area contributed by atoms with Crippen LogP contribution in [0.1, 0.15) is 22.2 Å². The van der Waals surface area contributed by atoms with Gasteiger partial charge in [0.15, 0.2) is 0 Å². The number of nitrogens with zero attached hydrogens (tertiary/aromatic N) is 1. The molecule has 0 radical (unpaired) electrons. The van der Waals surface area contributed by atoms with Gasteiger partial charge in [-0.15, -0.1) is 11.3 Å². The van der Waals surface area contributed by atoms with Gasteiger partial charge in [0.2, 0.25) is 0 Å². The van der Waals surface area contributed by atoms with E-state index in [0.29, 0.717) is 5.69 Å². The number of carbonyl (C=O) groups excluding carboxylic acids is 1. The molecule has 4 rings (SSSR count). The lowest BCUT2D eigenvalue weighted by molar-refractivity contribution is 0.101. The van der Waals surface area contributed by atoms with E-state index in [1.807, 2.05) is 37.4 Å². The summed E-state index contributed by atoms with van der Waals surface area (Å²) in [6, 6.07) is 16.4. The van der Waals surface area contributed by atoms with Crippen LogP contribution in [0.3, 0.4) is 0 Å². The van der Waals surface area contributed by atoms with Gasteiger partial charge in [0, 0.05) is 39.0 Å². The molecule has 154 valence electrons. The van der Waals surface area contributed by atoms with Gasteiger partial charge in [0.25, 0.3) is 5.91 Å². The molecule has 31 heavy (non-hydrogen) atoms. The van der Waals surface area contributed by atoms with Crippen molar-refractivity contribution >= 4 is 28.5 Å². The molecule has 0 saturated carbocycles. The van der Waals surface area contributed by atoms with E-state index < -0.39 is 23.1 Å². The number of hydrogen-bond donors (Lipinski definition) is 1. The Labute approximate surface area is 182 Å². The summed E-state index contributed by atoms with van der Waals surface area (Å²) in [6.07, 6.45) is 3.55. The normalized spacial score (nSPS) is 10.7. The molecular weight excluding hydrogens is 414 g/mol. The summed E-state index contributed by atoms with van der Waals surface area (Å²) >= 11 is 1.64. The third-order valence-electron chi connectivity index (χ3n) is 4.71. The van der Waals surface area contributed by atoms with E-state index >= 15 is 0 Å². The smallest absolute Gasteiger partial charge is 0.261 e.